The maximum absolute atomic E-state index is 11.9. The summed E-state index contributed by atoms with van der Waals surface area (Å²) in [5, 5.41) is 0. The van der Waals surface area contributed by atoms with E-state index in [4.69, 9.17) is 0 Å². The second kappa shape index (κ2) is 5.04. The quantitative estimate of drug-likeness (QED) is 0.459. The molecule has 0 aromatic heterocycles. The number of hydrogen-bond acceptors (Lipinski definition) is 3. The maximum atomic E-state index is 11.9. The van der Waals surface area contributed by atoms with Crippen LogP contribution in [0.4, 0.5) is 0 Å². The number of amides is 1. The number of carbonyl (C=O) groups is 2. The molecule has 0 N–H and O–H groups in total. The molecule has 1 aromatic carbocycles. The van der Waals surface area contributed by atoms with Crippen molar-refractivity contribution in [3.05, 3.63) is 48.6 Å². The highest BCUT2D eigenvalue weighted by Gasteiger charge is 2.46. The second-order valence-electron chi connectivity index (χ2n) is 4.16. The molecule has 1 heterocycles. The highest BCUT2D eigenvalue weighted by molar-refractivity contribution is 5.91. The lowest BCUT2D eigenvalue weighted by atomic mass is 9.82. The molecule has 18 heavy (non-hydrogen) atoms. The molecule has 1 fully saturated rings. The molecule has 94 valence electrons. The zero-order valence-corrected chi connectivity index (χ0v) is 10.2. The molecule has 0 unspecified atom stereocenters. The first kappa shape index (κ1) is 12.4. The highest BCUT2D eigenvalue weighted by Crippen LogP contribution is 2.40. The van der Waals surface area contributed by atoms with Crippen molar-refractivity contribution < 1.29 is 14.3 Å². The van der Waals surface area contributed by atoms with Crippen molar-refractivity contribution >= 4 is 11.9 Å². The summed E-state index contributed by atoms with van der Waals surface area (Å²) in [6.45, 7) is 3.66. The average Bonchev–Trinajstić information content (AvgIpc) is 2.42. The summed E-state index contributed by atoms with van der Waals surface area (Å²) in [5.74, 6) is -0.742. The van der Waals surface area contributed by atoms with E-state index < -0.39 is 5.97 Å². The van der Waals surface area contributed by atoms with Gasteiger partial charge in [0.25, 0.3) is 0 Å². The number of hydrogen-bond donors (Lipinski definition) is 0. The van der Waals surface area contributed by atoms with E-state index in [2.05, 4.69) is 11.3 Å². The topological polar surface area (TPSA) is 46.6 Å². The number of likely N-dealkylation sites (tertiary alicyclic amines) is 1. The predicted octanol–water partition coefficient (Wildman–Crippen LogP) is 1.55. The van der Waals surface area contributed by atoms with Crippen LogP contribution in [0.5, 0.6) is 0 Å². The summed E-state index contributed by atoms with van der Waals surface area (Å²) >= 11 is 0. The van der Waals surface area contributed by atoms with Crippen molar-refractivity contribution in [3.63, 3.8) is 0 Å². The molecule has 0 spiro atoms. The molecule has 0 aliphatic carbocycles. The maximum Gasteiger partial charge on any atom is 0.325 e. The normalized spacial score (nSPS) is 22.3. The van der Waals surface area contributed by atoms with Crippen LogP contribution >= 0.6 is 0 Å². The van der Waals surface area contributed by atoms with Gasteiger partial charge in [0.15, 0.2) is 0 Å². The van der Waals surface area contributed by atoms with Gasteiger partial charge < -0.3 is 9.64 Å². The number of esters is 1. The van der Waals surface area contributed by atoms with E-state index in [0.29, 0.717) is 0 Å². The fraction of sp³-hybridized carbons (Fsp3) is 0.286. The molecular formula is C14H15NO3. The Balaban J connectivity index is 2.21. The Kier molecular flexibility index (Phi) is 3.46. The van der Waals surface area contributed by atoms with E-state index in [0.717, 1.165) is 5.56 Å². The SMILES string of the molecule is C=C[C@@H]1C(=O)N(CC(=O)OC)[C@H]1c1ccccc1. The number of carbonyl (C=O) groups excluding carboxylic acids is 2. The minimum atomic E-state index is -0.410. The third-order valence-corrected chi connectivity index (χ3v) is 3.17. The third kappa shape index (κ3) is 2.01. The summed E-state index contributed by atoms with van der Waals surface area (Å²) in [6, 6.07) is 9.51. The van der Waals surface area contributed by atoms with Crippen LogP contribution < -0.4 is 0 Å². The first-order valence-electron chi connectivity index (χ1n) is 5.74. The van der Waals surface area contributed by atoms with E-state index in [1.807, 2.05) is 30.3 Å². The third-order valence-electron chi connectivity index (χ3n) is 3.17. The smallest absolute Gasteiger partial charge is 0.325 e. The first-order valence-corrected chi connectivity index (χ1v) is 5.74. The Bertz CT molecular complexity index is 469. The zero-order chi connectivity index (χ0) is 13.1. The van der Waals surface area contributed by atoms with Crippen molar-refractivity contribution in [2.45, 2.75) is 6.04 Å². The molecule has 2 atom stereocenters. The van der Waals surface area contributed by atoms with Crippen molar-refractivity contribution in [2.75, 3.05) is 13.7 Å². The molecule has 1 aliphatic heterocycles. The van der Waals surface area contributed by atoms with Gasteiger partial charge in [0.2, 0.25) is 5.91 Å². The van der Waals surface area contributed by atoms with Crippen LogP contribution in [0.2, 0.25) is 0 Å². The zero-order valence-electron chi connectivity index (χ0n) is 10.2. The number of benzene rings is 1. The van der Waals surface area contributed by atoms with Crippen molar-refractivity contribution in [1.82, 2.24) is 4.90 Å². The highest BCUT2D eigenvalue weighted by atomic mass is 16.5. The molecule has 1 aromatic rings. The minimum Gasteiger partial charge on any atom is -0.468 e. The van der Waals surface area contributed by atoms with Gasteiger partial charge >= 0.3 is 5.97 Å². The number of β-lactam (4-membered cyclic amide) rings is 1. The van der Waals surface area contributed by atoms with Crippen LogP contribution in [0.25, 0.3) is 0 Å². The van der Waals surface area contributed by atoms with E-state index in [1.165, 1.54) is 12.0 Å². The van der Waals surface area contributed by atoms with Crippen LogP contribution in [0.15, 0.2) is 43.0 Å². The number of methoxy groups -OCH3 is 1. The summed E-state index contributed by atoms with van der Waals surface area (Å²) in [5.41, 5.74) is 1.01. The standard InChI is InChI=1S/C14H15NO3/c1-3-11-13(10-7-5-4-6-8-10)15(14(11)17)9-12(16)18-2/h3-8,11,13H,1,9H2,2H3/t11-,13-/m0/s1. The van der Waals surface area contributed by atoms with Gasteiger partial charge in [-0.1, -0.05) is 36.4 Å². The predicted molar refractivity (Wildman–Crippen MR) is 66.6 cm³/mol. The van der Waals surface area contributed by atoms with Crippen LogP contribution in [0.1, 0.15) is 11.6 Å². The van der Waals surface area contributed by atoms with Gasteiger partial charge in [0, 0.05) is 0 Å². The molecular weight excluding hydrogens is 230 g/mol. The van der Waals surface area contributed by atoms with Crippen molar-refractivity contribution in [2.24, 2.45) is 5.92 Å². The Hall–Kier alpha value is -2.10. The number of nitrogens with zero attached hydrogens (tertiary/aromatic N) is 1. The summed E-state index contributed by atoms with van der Waals surface area (Å²) in [7, 11) is 1.31. The molecule has 1 amide bonds. The van der Waals surface area contributed by atoms with Crippen LogP contribution in [-0.2, 0) is 14.3 Å². The van der Waals surface area contributed by atoms with E-state index >= 15 is 0 Å². The molecule has 2 rings (SSSR count). The van der Waals surface area contributed by atoms with Crippen molar-refractivity contribution in [1.29, 1.82) is 0 Å². The van der Waals surface area contributed by atoms with Gasteiger partial charge in [-0.2, -0.15) is 0 Å². The molecule has 4 nitrogen and oxygen atoms in total. The van der Waals surface area contributed by atoms with Gasteiger partial charge in [0.1, 0.15) is 6.54 Å². The molecule has 0 radical (unpaired) electrons. The summed E-state index contributed by atoms with van der Waals surface area (Å²) < 4.78 is 4.60. The molecule has 0 bridgehead atoms. The van der Waals surface area contributed by atoms with Crippen LogP contribution in [0.3, 0.4) is 0 Å². The Labute approximate surface area is 106 Å². The largest absolute Gasteiger partial charge is 0.468 e. The van der Waals surface area contributed by atoms with Gasteiger partial charge in [-0.05, 0) is 5.56 Å². The lowest BCUT2D eigenvalue weighted by Crippen LogP contribution is -2.55. The lowest BCUT2D eigenvalue weighted by molar-refractivity contribution is -0.161. The molecule has 1 aliphatic rings. The van der Waals surface area contributed by atoms with E-state index in [9.17, 15) is 9.59 Å². The van der Waals surface area contributed by atoms with Crippen LogP contribution in [-0.4, -0.2) is 30.4 Å². The monoisotopic (exact) mass is 245 g/mol. The number of rotatable bonds is 4. The van der Waals surface area contributed by atoms with Gasteiger partial charge in [-0.25, -0.2) is 0 Å². The van der Waals surface area contributed by atoms with Gasteiger partial charge in [-0.15, -0.1) is 6.58 Å². The average molecular weight is 245 g/mol. The number of ether oxygens (including phenoxy) is 1. The Morgan fingerprint density at radius 1 is 1.44 bits per heavy atom. The lowest BCUT2D eigenvalue weighted by Gasteiger charge is -2.45. The first-order chi connectivity index (χ1) is 8.69. The Morgan fingerprint density at radius 2 is 2.11 bits per heavy atom. The Morgan fingerprint density at radius 3 is 2.67 bits per heavy atom. The fourth-order valence-electron chi connectivity index (χ4n) is 2.22. The summed E-state index contributed by atoms with van der Waals surface area (Å²) in [4.78, 5) is 24.7. The van der Waals surface area contributed by atoms with Gasteiger partial charge in [0.05, 0.1) is 19.1 Å². The van der Waals surface area contributed by atoms with E-state index in [-0.39, 0.29) is 24.4 Å². The minimum absolute atomic E-state index is 0.0146. The summed E-state index contributed by atoms with van der Waals surface area (Å²) in [6.07, 6.45) is 1.63. The molecule has 0 saturated carbocycles. The molecule has 4 heteroatoms. The molecule has 1 saturated heterocycles. The van der Waals surface area contributed by atoms with Crippen molar-refractivity contribution in [3.8, 4) is 0 Å². The fourth-order valence-corrected chi connectivity index (χ4v) is 2.22. The van der Waals surface area contributed by atoms with E-state index in [1.54, 1.807) is 6.08 Å². The second-order valence-corrected chi connectivity index (χ2v) is 4.16. The van der Waals surface area contributed by atoms with Gasteiger partial charge in [-0.3, -0.25) is 9.59 Å². The van der Waals surface area contributed by atoms with Crippen LogP contribution in [0, 0.1) is 5.92 Å².